The van der Waals surface area contributed by atoms with Gasteiger partial charge in [0.1, 0.15) is 0 Å². The van der Waals surface area contributed by atoms with E-state index in [2.05, 4.69) is 21.2 Å². The predicted molar refractivity (Wildman–Crippen MR) is 84.6 cm³/mol. The first-order valence-electron chi connectivity index (χ1n) is 5.59. The normalized spacial score (nSPS) is 10.3. The van der Waals surface area contributed by atoms with E-state index in [1.54, 1.807) is 24.3 Å². The lowest BCUT2D eigenvalue weighted by atomic mass is 10.2. The van der Waals surface area contributed by atoms with Crippen molar-refractivity contribution in [1.82, 2.24) is 0 Å². The molecule has 0 unspecified atom stereocenters. The van der Waals surface area contributed by atoms with E-state index in [0.29, 0.717) is 26.8 Å². The fraction of sp³-hybridized carbons (Fsp3) is 0.0769. The van der Waals surface area contributed by atoms with Crippen molar-refractivity contribution in [2.45, 2.75) is 6.54 Å². The van der Waals surface area contributed by atoms with Crippen LogP contribution in [0.4, 0.5) is 11.4 Å². The molecule has 0 saturated carbocycles. The highest BCUT2D eigenvalue weighted by Gasteiger charge is 2.09. The number of anilines is 1. The smallest absolute Gasteiger partial charge is 0.270 e. The van der Waals surface area contributed by atoms with Crippen LogP contribution in [-0.4, -0.2) is 4.92 Å². The van der Waals surface area contributed by atoms with Crippen molar-refractivity contribution in [3.63, 3.8) is 0 Å². The SMILES string of the molecule is O=[N+]([O-])c1ccc(CNc2cc(Cl)ccc2Cl)c(Br)c1. The van der Waals surface area contributed by atoms with Crippen molar-refractivity contribution in [3.8, 4) is 0 Å². The summed E-state index contributed by atoms with van der Waals surface area (Å²) in [4.78, 5) is 10.2. The molecule has 0 fully saturated rings. The first-order chi connectivity index (χ1) is 9.47. The van der Waals surface area contributed by atoms with E-state index in [4.69, 9.17) is 23.2 Å². The van der Waals surface area contributed by atoms with E-state index in [1.165, 1.54) is 12.1 Å². The number of hydrogen-bond donors (Lipinski definition) is 1. The van der Waals surface area contributed by atoms with Crippen LogP contribution in [0.25, 0.3) is 0 Å². The Morgan fingerprint density at radius 2 is 1.95 bits per heavy atom. The van der Waals surface area contributed by atoms with Gasteiger partial charge in [-0.1, -0.05) is 39.1 Å². The van der Waals surface area contributed by atoms with Crippen molar-refractivity contribution >= 4 is 50.5 Å². The highest BCUT2D eigenvalue weighted by Crippen LogP contribution is 2.28. The molecule has 0 spiro atoms. The molecule has 0 bridgehead atoms. The second-order valence-electron chi connectivity index (χ2n) is 4.01. The summed E-state index contributed by atoms with van der Waals surface area (Å²) in [5.74, 6) is 0. The van der Waals surface area contributed by atoms with Crippen LogP contribution < -0.4 is 5.32 Å². The molecule has 20 heavy (non-hydrogen) atoms. The van der Waals surface area contributed by atoms with Crippen molar-refractivity contribution in [1.29, 1.82) is 0 Å². The summed E-state index contributed by atoms with van der Waals surface area (Å²) in [5.41, 5.74) is 1.64. The largest absolute Gasteiger partial charge is 0.380 e. The lowest BCUT2D eigenvalue weighted by molar-refractivity contribution is -0.384. The van der Waals surface area contributed by atoms with Gasteiger partial charge in [0.15, 0.2) is 0 Å². The number of rotatable bonds is 4. The van der Waals surface area contributed by atoms with Gasteiger partial charge >= 0.3 is 0 Å². The van der Waals surface area contributed by atoms with Crippen LogP contribution in [0.15, 0.2) is 40.9 Å². The molecule has 0 saturated heterocycles. The van der Waals surface area contributed by atoms with Gasteiger partial charge in [-0.05, 0) is 29.8 Å². The van der Waals surface area contributed by atoms with Gasteiger partial charge in [-0.3, -0.25) is 10.1 Å². The number of non-ortho nitro benzene ring substituents is 1. The summed E-state index contributed by atoms with van der Waals surface area (Å²) in [6.45, 7) is 0.471. The second kappa shape index (κ2) is 6.43. The first-order valence-corrected chi connectivity index (χ1v) is 7.14. The van der Waals surface area contributed by atoms with Crippen LogP contribution in [0.1, 0.15) is 5.56 Å². The Morgan fingerprint density at radius 3 is 2.60 bits per heavy atom. The number of halogens is 3. The van der Waals surface area contributed by atoms with Crippen LogP contribution in [0.3, 0.4) is 0 Å². The summed E-state index contributed by atoms with van der Waals surface area (Å²) in [6, 6.07) is 9.75. The van der Waals surface area contributed by atoms with E-state index in [1.807, 2.05) is 0 Å². The van der Waals surface area contributed by atoms with Gasteiger partial charge in [0.2, 0.25) is 0 Å². The fourth-order valence-corrected chi connectivity index (χ4v) is 2.48. The van der Waals surface area contributed by atoms with Crippen molar-refractivity contribution < 1.29 is 4.92 Å². The maximum Gasteiger partial charge on any atom is 0.270 e. The van der Waals surface area contributed by atoms with Crippen LogP contribution in [0.2, 0.25) is 10.0 Å². The van der Waals surface area contributed by atoms with Gasteiger partial charge in [-0.2, -0.15) is 0 Å². The minimum Gasteiger partial charge on any atom is -0.380 e. The molecule has 104 valence electrons. The van der Waals surface area contributed by atoms with Gasteiger partial charge in [0.05, 0.1) is 15.6 Å². The van der Waals surface area contributed by atoms with Gasteiger partial charge in [0, 0.05) is 28.2 Å². The Bertz CT molecular complexity index is 665. The Kier molecular flexibility index (Phi) is 4.86. The summed E-state index contributed by atoms with van der Waals surface area (Å²) in [6.07, 6.45) is 0. The van der Waals surface area contributed by atoms with Crippen molar-refractivity contribution in [2.24, 2.45) is 0 Å². The monoisotopic (exact) mass is 374 g/mol. The number of benzene rings is 2. The summed E-state index contributed by atoms with van der Waals surface area (Å²) in [5, 5.41) is 15.0. The third-order valence-electron chi connectivity index (χ3n) is 2.65. The summed E-state index contributed by atoms with van der Waals surface area (Å²) >= 11 is 15.3. The first kappa shape index (κ1) is 15.1. The lowest BCUT2D eigenvalue weighted by Gasteiger charge is -2.10. The van der Waals surface area contributed by atoms with Crippen LogP contribution in [0.5, 0.6) is 0 Å². The molecule has 0 radical (unpaired) electrons. The minimum atomic E-state index is -0.435. The molecule has 1 N–H and O–H groups in total. The average Bonchev–Trinajstić information content (AvgIpc) is 2.40. The zero-order valence-electron chi connectivity index (χ0n) is 10.1. The molecule has 0 amide bonds. The standard InChI is InChI=1S/C13H9BrCl2N2O2/c14-11-6-10(18(19)20)3-1-8(11)7-17-13-5-9(15)2-4-12(13)16/h1-6,17H,7H2. The second-order valence-corrected chi connectivity index (χ2v) is 5.71. The molecule has 0 aliphatic rings. The third-order valence-corrected chi connectivity index (χ3v) is 3.95. The predicted octanol–water partition coefficient (Wildman–Crippen LogP) is 5.28. The zero-order valence-corrected chi connectivity index (χ0v) is 13.2. The van der Waals surface area contributed by atoms with Crippen molar-refractivity contribution in [3.05, 3.63) is 66.6 Å². The molecular formula is C13H9BrCl2N2O2. The van der Waals surface area contributed by atoms with Gasteiger partial charge < -0.3 is 5.32 Å². The van der Waals surface area contributed by atoms with Crippen LogP contribution in [0, 0.1) is 10.1 Å². The fourth-order valence-electron chi connectivity index (χ4n) is 1.62. The maximum absolute atomic E-state index is 10.7. The molecule has 2 aromatic carbocycles. The van der Waals surface area contributed by atoms with E-state index in [0.717, 1.165) is 5.56 Å². The number of nitro groups is 1. The Morgan fingerprint density at radius 1 is 1.20 bits per heavy atom. The third kappa shape index (κ3) is 3.62. The summed E-state index contributed by atoms with van der Waals surface area (Å²) in [7, 11) is 0. The molecule has 7 heteroatoms. The number of nitro benzene ring substituents is 1. The van der Waals surface area contributed by atoms with E-state index < -0.39 is 4.92 Å². The Hall–Kier alpha value is -1.30. The Balaban J connectivity index is 2.15. The molecule has 0 heterocycles. The number of nitrogens with zero attached hydrogens (tertiary/aromatic N) is 1. The van der Waals surface area contributed by atoms with Crippen LogP contribution >= 0.6 is 39.1 Å². The zero-order chi connectivity index (χ0) is 14.7. The molecule has 0 aromatic heterocycles. The molecule has 2 rings (SSSR count). The molecule has 0 aliphatic carbocycles. The van der Waals surface area contributed by atoms with E-state index >= 15 is 0 Å². The van der Waals surface area contributed by atoms with Crippen LogP contribution in [-0.2, 0) is 6.54 Å². The summed E-state index contributed by atoms with van der Waals surface area (Å²) < 4.78 is 0.664. The molecule has 0 atom stereocenters. The van der Waals surface area contributed by atoms with E-state index in [-0.39, 0.29) is 5.69 Å². The maximum atomic E-state index is 10.7. The quantitative estimate of drug-likeness (QED) is 0.584. The highest BCUT2D eigenvalue weighted by molar-refractivity contribution is 9.10. The van der Waals surface area contributed by atoms with E-state index in [9.17, 15) is 10.1 Å². The van der Waals surface area contributed by atoms with Crippen molar-refractivity contribution in [2.75, 3.05) is 5.32 Å². The average molecular weight is 376 g/mol. The number of nitrogens with one attached hydrogen (secondary N) is 1. The topological polar surface area (TPSA) is 55.2 Å². The van der Waals surface area contributed by atoms with Gasteiger partial charge in [-0.25, -0.2) is 0 Å². The lowest BCUT2D eigenvalue weighted by Crippen LogP contribution is -2.01. The minimum absolute atomic E-state index is 0.0430. The Labute approximate surface area is 134 Å². The van der Waals surface area contributed by atoms with Gasteiger partial charge in [0.25, 0.3) is 5.69 Å². The molecule has 4 nitrogen and oxygen atoms in total. The highest BCUT2D eigenvalue weighted by atomic mass is 79.9. The molecule has 2 aromatic rings. The number of hydrogen-bond acceptors (Lipinski definition) is 3. The van der Waals surface area contributed by atoms with Gasteiger partial charge in [-0.15, -0.1) is 0 Å². The molecule has 0 aliphatic heterocycles. The molecular weight excluding hydrogens is 367 g/mol.